The number of rotatable bonds is 7. The molecule has 2 fully saturated rings. The fourth-order valence-electron chi connectivity index (χ4n) is 2.46. The van der Waals surface area contributed by atoms with Crippen LogP contribution in [0, 0.1) is 0 Å². The van der Waals surface area contributed by atoms with Crippen LogP contribution < -0.4 is 5.32 Å². The van der Waals surface area contributed by atoms with Crippen LogP contribution in [-0.4, -0.2) is 50.3 Å². The Labute approximate surface area is 124 Å². The molecule has 1 atom stereocenters. The molecular weight excluding hydrogens is 274 g/mol. The van der Waals surface area contributed by atoms with E-state index in [1.54, 1.807) is 11.8 Å². The number of ether oxygens (including phenoxy) is 1. The van der Waals surface area contributed by atoms with Crippen LogP contribution in [0.3, 0.4) is 0 Å². The maximum absolute atomic E-state index is 6.00. The molecule has 0 amide bonds. The van der Waals surface area contributed by atoms with Gasteiger partial charge in [-0.05, 0) is 50.0 Å². The fourth-order valence-corrected chi connectivity index (χ4v) is 3.41. The van der Waals surface area contributed by atoms with Gasteiger partial charge in [0.25, 0.3) is 0 Å². The van der Waals surface area contributed by atoms with Gasteiger partial charge in [-0.1, -0.05) is 11.8 Å². The Morgan fingerprint density at radius 2 is 2.25 bits per heavy atom. The molecule has 1 aromatic rings. The Morgan fingerprint density at radius 3 is 2.95 bits per heavy atom. The Morgan fingerprint density at radius 1 is 1.40 bits per heavy atom. The van der Waals surface area contributed by atoms with Gasteiger partial charge in [-0.15, -0.1) is 5.10 Å². The maximum Gasteiger partial charge on any atom is 0.209 e. The van der Waals surface area contributed by atoms with E-state index < -0.39 is 0 Å². The van der Waals surface area contributed by atoms with Crippen molar-refractivity contribution in [2.45, 2.75) is 69.0 Å². The molecule has 6 nitrogen and oxygen atoms in total. The second-order valence-electron chi connectivity index (χ2n) is 6.26. The van der Waals surface area contributed by atoms with Crippen molar-refractivity contribution >= 4 is 11.8 Å². The number of hydrogen-bond donors (Lipinski definition) is 1. The third kappa shape index (κ3) is 3.93. The van der Waals surface area contributed by atoms with Crippen molar-refractivity contribution in [3.63, 3.8) is 0 Å². The highest BCUT2D eigenvalue weighted by Crippen LogP contribution is 2.32. The number of hydrogen-bond acceptors (Lipinski definition) is 6. The molecule has 1 aromatic heterocycles. The largest absolute Gasteiger partial charge is 0.371 e. The summed E-state index contributed by atoms with van der Waals surface area (Å²) in [5.41, 5.74) is 0.0331. The fraction of sp³-hybridized carbons (Fsp3) is 0.923. The minimum Gasteiger partial charge on any atom is -0.371 e. The molecule has 0 spiro atoms. The summed E-state index contributed by atoms with van der Waals surface area (Å²) in [4.78, 5) is 0. The van der Waals surface area contributed by atoms with E-state index in [-0.39, 0.29) is 5.60 Å². The first-order valence-electron chi connectivity index (χ1n) is 7.42. The van der Waals surface area contributed by atoms with Crippen molar-refractivity contribution in [3.8, 4) is 0 Å². The first kappa shape index (κ1) is 14.3. The molecule has 0 aromatic carbocycles. The van der Waals surface area contributed by atoms with E-state index in [1.165, 1.54) is 12.8 Å². The zero-order chi connectivity index (χ0) is 14.0. The highest BCUT2D eigenvalue weighted by Gasteiger charge is 2.31. The molecule has 2 heterocycles. The van der Waals surface area contributed by atoms with Crippen LogP contribution in [0.4, 0.5) is 0 Å². The molecule has 1 aliphatic heterocycles. The second kappa shape index (κ2) is 5.99. The van der Waals surface area contributed by atoms with Crippen LogP contribution in [0.1, 0.15) is 39.5 Å². The van der Waals surface area contributed by atoms with Gasteiger partial charge in [0.2, 0.25) is 5.16 Å². The van der Waals surface area contributed by atoms with E-state index in [9.17, 15) is 0 Å². The van der Waals surface area contributed by atoms with Gasteiger partial charge in [-0.25, -0.2) is 4.68 Å². The average Bonchev–Trinajstić information content (AvgIpc) is 3.00. The lowest BCUT2D eigenvalue weighted by Gasteiger charge is -2.18. The van der Waals surface area contributed by atoms with Gasteiger partial charge in [0.15, 0.2) is 0 Å². The Balaban J connectivity index is 1.44. The van der Waals surface area contributed by atoms with Crippen LogP contribution in [0.5, 0.6) is 0 Å². The molecule has 3 rings (SSSR count). The molecule has 1 N–H and O–H groups in total. The van der Waals surface area contributed by atoms with Gasteiger partial charge in [0.1, 0.15) is 0 Å². The quantitative estimate of drug-likeness (QED) is 0.769. The smallest absolute Gasteiger partial charge is 0.209 e. The first-order chi connectivity index (χ1) is 9.62. The molecular formula is C13H23N5OS. The van der Waals surface area contributed by atoms with E-state index >= 15 is 0 Å². The van der Waals surface area contributed by atoms with E-state index in [1.807, 2.05) is 4.68 Å². The lowest BCUT2D eigenvalue weighted by molar-refractivity contribution is -0.00469. The highest BCUT2D eigenvalue weighted by molar-refractivity contribution is 7.99. The number of thioether (sulfide) groups is 1. The molecule has 112 valence electrons. The second-order valence-corrected chi connectivity index (χ2v) is 7.25. The predicted octanol–water partition coefficient (Wildman–Crippen LogP) is 1.47. The number of nitrogens with zero attached hydrogens (tertiary/aromatic N) is 4. The molecule has 0 bridgehead atoms. The van der Waals surface area contributed by atoms with Gasteiger partial charge in [-0.3, -0.25) is 0 Å². The van der Waals surface area contributed by atoms with Crippen molar-refractivity contribution in [1.82, 2.24) is 25.5 Å². The highest BCUT2D eigenvalue weighted by atomic mass is 32.2. The zero-order valence-electron chi connectivity index (χ0n) is 12.2. The van der Waals surface area contributed by atoms with Crippen LogP contribution in [0.15, 0.2) is 5.16 Å². The van der Waals surface area contributed by atoms with E-state index in [2.05, 4.69) is 34.7 Å². The standard InChI is InChI=1S/C13H23N5OS/c1-13(2)6-5-11(19-13)9-20-12-15-16-17-18(12)8-7-14-10-3-4-10/h10-11,14H,3-9H2,1-2H3. The molecule has 1 saturated heterocycles. The summed E-state index contributed by atoms with van der Waals surface area (Å²) < 4.78 is 7.89. The minimum absolute atomic E-state index is 0.0331. The number of aromatic nitrogens is 4. The normalized spacial score (nSPS) is 25.2. The minimum atomic E-state index is 0.0331. The van der Waals surface area contributed by atoms with Crippen LogP contribution in [0.25, 0.3) is 0 Å². The molecule has 20 heavy (non-hydrogen) atoms. The van der Waals surface area contributed by atoms with Crippen molar-refractivity contribution in [1.29, 1.82) is 0 Å². The third-order valence-electron chi connectivity index (χ3n) is 3.79. The zero-order valence-corrected chi connectivity index (χ0v) is 13.0. The summed E-state index contributed by atoms with van der Waals surface area (Å²) in [7, 11) is 0. The Kier molecular flexibility index (Phi) is 4.28. The summed E-state index contributed by atoms with van der Waals surface area (Å²) in [6.07, 6.45) is 5.21. The Bertz CT molecular complexity index is 446. The van der Waals surface area contributed by atoms with Gasteiger partial charge in [0.05, 0.1) is 18.2 Å². The number of tetrazole rings is 1. The summed E-state index contributed by atoms with van der Waals surface area (Å²) >= 11 is 1.70. The lowest BCUT2D eigenvalue weighted by Crippen LogP contribution is -2.23. The molecule has 2 aliphatic rings. The molecule has 7 heteroatoms. The van der Waals surface area contributed by atoms with Crippen molar-refractivity contribution < 1.29 is 4.74 Å². The molecule has 1 unspecified atom stereocenters. The SMILES string of the molecule is CC1(C)CCC(CSc2nnnn2CCNC2CC2)O1. The first-order valence-corrected chi connectivity index (χ1v) is 8.41. The predicted molar refractivity (Wildman–Crippen MR) is 77.8 cm³/mol. The Hall–Kier alpha value is -0.660. The van der Waals surface area contributed by atoms with Gasteiger partial charge in [0, 0.05) is 18.3 Å². The van der Waals surface area contributed by atoms with Gasteiger partial charge >= 0.3 is 0 Å². The monoisotopic (exact) mass is 297 g/mol. The van der Waals surface area contributed by atoms with Crippen molar-refractivity contribution in [2.75, 3.05) is 12.3 Å². The van der Waals surface area contributed by atoms with Crippen molar-refractivity contribution in [2.24, 2.45) is 0 Å². The summed E-state index contributed by atoms with van der Waals surface area (Å²) in [6.45, 7) is 6.09. The summed E-state index contributed by atoms with van der Waals surface area (Å²) in [5.74, 6) is 0.930. The molecule has 1 saturated carbocycles. The van der Waals surface area contributed by atoms with Gasteiger partial charge in [-0.2, -0.15) is 0 Å². The van der Waals surface area contributed by atoms with Crippen LogP contribution in [0.2, 0.25) is 0 Å². The van der Waals surface area contributed by atoms with E-state index in [0.717, 1.165) is 42.9 Å². The van der Waals surface area contributed by atoms with E-state index in [4.69, 9.17) is 4.74 Å². The topological polar surface area (TPSA) is 64.9 Å². The van der Waals surface area contributed by atoms with Gasteiger partial charge < -0.3 is 10.1 Å². The van der Waals surface area contributed by atoms with Crippen molar-refractivity contribution in [3.05, 3.63) is 0 Å². The van der Waals surface area contributed by atoms with Crippen LogP contribution in [-0.2, 0) is 11.3 Å². The number of nitrogens with one attached hydrogen (secondary N) is 1. The van der Waals surface area contributed by atoms with Crippen LogP contribution >= 0.6 is 11.8 Å². The molecule has 0 radical (unpaired) electrons. The average molecular weight is 297 g/mol. The summed E-state index contributed by atoms with van der Waals surface area (Å²) in [6, 6.07) is 0.733. The molecule has 1 aliphatic carbocycles. The maximum atomic E-state index is 6.00. The summed E-state index contributed by atoms with van der Waals surface area (Å²) in [5, 5.41) is 16.3. The van der Waals surface area contributed by atoms with E-state index in [0.29, 0.717) is 6.10 Å². The lowest BCUT2D eigenvalue weighted by atomic mass is 10.1. The third-order valence-corrected chi connectivity index (χ3v) is 4.87.